The molecule has 0 aliphatic heterocycles. The number of hydrogen-bond acceptors (Lipinski definition) is 4. The van der Waals surface area contributed by atoms with Crippen LogP contribution in [0, 0.1) is 0 Å². The maximum Gasteiger partial charge on any atom is 0.307 e. The molecule has 6 heteroatoms. The molecule has 0 fully saturated rings. The maximum atomic E-state index is 12.3. The number of halogens is 1. The number of para-hydroxylation sites is 1. The normalized spacial score (nSPS) is 11.0. The summed E-state index contributed by atoms with van der Waals surface area (Å²) in [4.78, 5) is 12.3. The van der Waals surface area contributed by atoms with E-state index in [1.165, 1.54) is 0 Å². The Kier molecular flexibility index (Phi) is 6.68. The van der Waals surface area contributed by atoms with Gasteiger partial charge >= 0.3 is 5.91 Å². The first-order valence-electron chi connectivity index (χ1n) is 10.1. The number of fused-ring (bicyclic) bond motifs is 1. The molecule has 3 aromatic carbocycles. The van der Waals surface area contributed by atoms with Gasteiger partial charge in [0.15, 0.2) is 5.76 Å². The van der Waals surface area contributed by atoms with E-state index in [-0.39, 0.29) is 5.76 Å². The summed E-state index contributed by atoms with van der Waals surface area (Å²) in [5.74, 6) is 0.538. The van der Waals surface area contributed by atoms with Crippen molar-refractivity contribution in [3.63, 3.8) is 0 Å². The number of carbonyl (C=O) groups excluding carboxylic acids is 1. The van der Waals surface area contributed by atoms with Gasteiger partial charge in [0.25, 0.3) is 0 Å². The largest absolute Gasteiger partial charge is 0.489 e. The number of nitrogens with one attached hydrogen (secondary N) is 1. The van der Waals surface area contributed by atoms with Crippen molar-refractivity contribution in [2.45, 2.75) is 13.0 Å². The van der Waals surface area contributed by atoms with Gasteiger partial charge in [-0.2, -0.15) is 5.10 Å². The molecule has 1 N–H and O–H groups in total. The molecule has 0 saturated heterocycles. The third-order valence-corrected chi connectivity index (χ3v) is 5.19. The fourth-order valence-corrected chi connectivity index (χ4v) is 3.41. The molecule has 0 radical (unpaired) electrons. The predicted octanol–water partition coefficient (Wildman–Crippen LogP) is 6.16. The number of nitrogens with zero attached hydrogens (tertiary/aromatic N) is 1. The van der Waals surface area contributed by atoms with E-state index >= 15 is 0 Å². The number of ether oxygens (including phenoxy) is 1. The zero-order valence-corrected chi connectivity index (χ0v) is 18.0. The topological polar surface area (TPSA) is 63.8 Å². The molecule has 4 aromatic rings. The van der Waals surface area contributed by atoms with Gasteiger partial charge in [0.2, 0.25) is 0 Å². The van der Waals surface area contributed by atoms with E-state index in [0.29, 0.717) is 23.6 Å². The van der Waals surface area contributed by atoms with Gasteiger partial charge in [-0.3, -0.25) is 4.79 Å². The Morgan fingerprint density at radius 3 is 2.69 bits per heavy atom. The van der Waals surface area contributed by atoms with Crippen molar-refractivity contribution >= 4 is 34.7 Å². The number of rotatable bonds is 8. The molecule has 1 aromatic heterocycles. The first-order chi connectivity index (χ1) is 15.6. The highest BCUT2D eigenvalue weighted by atomic mass is 35.5. The third kappa shape index (κ3) is 5.07. The van der Waals surface area contributed by atoms with Crippen molar-refractivity contribution in [3.05, 3.63) is 113 Å². The van der Waals surface area contributed by atoms with Gasteiger partial charge < -0.3 is 9.15 Å². The van der Waals surface area contributed by atoms with E-state index in [9.17, 15) is 4.79 Å². The molecule has 0 aliphatic carbocycles. The molecular weight excluding hydrogens is 424 g/mol. The SMILES string of the molecule is C=CCc1cc(/C=N/NC(=O)c2cc3ccccc3o2)ccc1OCc1ccccc1Cl. The summed E-state index contributed by atoms with van der Waals surface area (Å²) in [6, 6.07) is 22.4. The molecule has 0 aliphatic rings. The van der Waals surface area contributed by atoms with Crippen LogP contribution in [-0.2, 0) is 13.0 Å². The summed E-state index contributed by atoms with van der Waals surface area (Å²) < 4.78 is 11.5. The maximum absolute atomic E-state index is 12.3. The number of amides is 1. The molecule has 160 valence electrons. The Balaban J connectivity index is 1.43. The van der Waals surface area contributed by atoms with Crippen molar-refractivity contribution in [2.24, 2.45) is 5.10 Å². The Morgan fingerprint density at radius 1 is 1.06 bits per heavy atom. The van der Waals surface area contributed by atoms with Crippen molar-refractivity contribution in [3.8, 4) is 5.75 Å². The van der Waals surface area contributed by atoms with Crippen molar-refractivity contribution < 1.29 is 13.9 Å². The van der Waals surface area contributed by atoms with Gasteiger partial charge in [-0.25, -0.2) is 5.43 Å². The van der Waals surface area contributed by atoms with E-state index in [1.54, 1.807) is 12.3 Å². The van der Waals surface area contributed by atoms with Crippen LogP contribution < -0.4 is 10.2 Å². The second kappa shape index (κ2) is 9.98. The smallest absolute Gasteiger partial charge is 0.307 e. The van der Waals surface area contributed by atoms with Crippen LogP contribution in [0.1, 0.15) is 27.2 Å². The van der Waals surface area contributed by atoms with Crippen LogP contribution in [0.25, 0.3) is 11.0 Å². The molecule has 0 atom stereocenters. The second-order valence-electron chi connectivity index (χ2n) is 7.09. The molecule has 32 heavy (non-hydrogen) atoms. The predicted molar refractivity (Wildman–Crippen MR) is 127 cm³/mol. The minimum Gasteiger partial charge on any atom is -0.489 e. The number of carbonyl (C=O) groups is 1. The molecule has 0 saturated carbocycles. The molecule has 4 rings (SSSR count). The first-order valence-corrected chi connectivity index (χ1v) is 10.4. The Hall–Kier alpha value is -3.83. The standard InChI is InChI=1S/C26H21ClN2O3/c1-2-7-19-14-18(12-13-23(19)31-17-21-9-3-5-10-22(21)27)16-28-29-26(30)25-15-20-8-4-6-11-24(20)32-25/h2-6,8-16H,1,7,17H2,(H,29,30)/b28-16+. The van der Waals surface area contributed by atoms with Crippen LogP contribution in [0.15, 0.2) is 95.0 Å². The average molecular weight is 445 g/mol. The molecule has 1 amide bonds. The lowest BCUT2D eigenvalue weighted by atomic mass is 10.1. The molecule has 0 unspecified atom stereocenters. The molecule has 5 nitrogen and oxygen atoms in total. The van der Waals surface area contributed by atoms with E-state index in [2.05, 4.69) is 17.1 Å². The van der Waals surface area contributed by atoms with Crippen LogP contribution >= 0.6 is 11.6 Å². The average Bonchev–Trinajstić information content (AvgIpc) is 3.24. The highest BCUT2D eigenvalue weighted by Gasteiger charge is 2.11. The van der Waals surface area contributed by atoms with E-state index < -0.39 is 5.91 Å². The lowest BCUT2D eigenvalue weighted by Gasteiger charge is -2.12. The summed E-state index contributed by atoms with van der Waals surface area (Å²) in [6.45, 7) is 4.18. The third-order valence-electron chi connectivity index (χ3n) is 4.82. The number of hydrazone groups is 1. The van der Waals surface area contributed by atoms with Gasteiger partial charge in [0.05, 0.1) is 6.21 Å². The van der Waals surface area contributed by atoms with E-state index in [0.717, 1.165) is 27.8 Å². The van der Waals surface area contributed by atoms with Crippen LogP contribution in [0.2, 0.25) is 5.02 Å². The fourth-order valence-electron chi connectivity index (χ4n) is 3.22. The van der Waals surface area contributed by atoms with E-state index in [4.69, 9.17) is 20.8 Å². The van der Waals surface area contributed by atoms with E-state index in [1.807, 2.05) is 72.8 Å². The molecule has 1 heterocycles. The number of hydrogen-bond donors (Lipinski definition) is 1. The first kappa shape index (κ1) is 21.4. The van der Waals surface area contributed by atoms with Crippen molar-refractivity contribution in [1.82, 2.24) is 5.43 Å². The highest BCUT2D eigenvalue weighted by Crippen LogP contribution is 2.24. The Morgan fingerprint density at radius 2 is 1.88 bits per heavy atom. The summed E-state index contributed by atoms with van der Waals surface area (Å²) in [5.41, 5.74) is 5.84. The quantitative estimate of drug-likeness (QED) is 0.201. The Bertz CT molecular complexity index is 1260. The minimum atomic E-state index is -0.413. The minimum absolute atomic E-state index is 0.207. The number of benzene rings is 3. The van der Waals surface area contributed by atoms with Crippen LogP contribution in [0.5, 0.6) is 5.75 Å². The zero-order valence-electron chi connectivity index (χ0n) is 17.3. The van der Waals surface area contributed by atoms with Crippen LogP contribution in [-0.4, -0.2) is 12.1 Å². The Labute approximate surface area is 191 Å². The molecule has 0 spiro atoms. The summed E-state index contributed by atoms with van der Waals surface area (Å²) in [6.07, 6.45) is 4.01. The lowest BCUT2D eigenvalue weighted by Crippen LogP contribution is -2.16. The van der Waals surface area contributed by atoms with Crippen molar-refractivity contribution in [1.29, 1.82) is 0 Å². The fraction of sp³-hybridized carbons (Fsp3) is 0.0769. The summed E-state index contributed by atoms with van der Waals surface area (Å²) in [5, 5.41) is 5.59. The highest BCUT2D eigenvalue weighted by molar-refractivity contribution is 6.31. The summed E-state index contributed by atoms with van der Waals surface area (Å²) in [7, 11) is 0. The van der Waals surface area contributed by atoms with Gasteiger partial charge in [-0.15, -0.1) is 6.58 Å². The van der Waals surface area contributed by atoms with Crippen LogP contribution in [0.3, 0.4) is 0 Å². The monoisotopic (exact) mass is 444 g/mol. The van der Waals surface area contributed by atoms with Crippen molar-refractivity contribution in [2.75, 3.05) is 0 Å². The molecular formula is C26H21ClN2O3. The second-order valence-corrected chi connectivity index (χ2v) is 7.49. The van der Waals surface area contributed by atoms with Gasteiger partial charge in [-0.1, -0.05) is 54.1 Å². The van der Waals surface area contributed by atoms with Crippen LogP contribution in [0.4, 0.5) is 0 Å². The van der Waals surface area contributed by atoms with Gasteiger partial charge in [-0.05, 0) is 53.9 Å². The number of allylic oxidation sites excluding steroid dienone is 1. The van der Waals surface area contributed by atoms with Gasteiger partial charge in [0.1, 0.15) is 17.9 Å². The van der Waals surface area contributed by atoms with Gasteiger partial charge in [0, 0.05) is 16.0 Å². The lowest BCUT2D eigenvalue weighted by molar-refractivity contribution is 0.0929. The summed E-state index contributed by atoms with van der Waals surface area (Å²) >= 11 is 6.21. The number of furan rings is 1. The molecule has 0 bridgehead atoms. The zero-order chi connectivity index (χ0) is 22.3.